The number of aromatic nitrogens is 1. The van der Waals surface area contributed by atoms with Crippen molar-refractivity contribution in [3.8, 4) is 0 Å². The van der Waals surface area contributed by atoms with Crippen LogP contribution in [0.15, 0.2) is 54.7 Å². The van der Waals surface area contributed by atoms with E-state index in [4.69, 9.17) is 0 Å². The van der Waals surface area contributed by atoms with Crippen LogP contribution in [0.3, 0.4) is 0 Å². The molecule has 3 N–H and O–H groups in total. The summed E-state index contributed by atoms with van der Waals surface area (Å²) in [7, 11) is 2.18. The number of hydrogen-bond acceptors (Lipinski definition) is 2. The number of carbonyl (C=O) groups excluding carboxylic acids is 1. The lowest BCUT2D eigenvalue weighted by molar-refractivity contribution is 0.251. The van der Waals surface area contributed by atoms with Crippen LogP contribution in [0.4, 0.5) is 10.5 Å². The Morgan fingerprint density at radius 3 is 2.70 bits per heavy atom. The van der Waals surface area contributed by atoms with E-state index in [9.17, 15) is 4.79 Å². The molecule has 1 aliphatic heterocycles. The fourth-order valence-corrected chi connectivity index (χ4v) is 3.83. The highest BCUT2D eigenvalue weighted by Crippen LogP contribution is 2.34. The lowest BCUT2D eigenvalue weighted by Gasteiger charge is -2.28. The van der Waals surface area contributed by atoms with Crippen molar-refractivity contribution in [3.63, 3.8) is 0 Å². The van der Waals surface area contributed by atoms with Gasteiger partial charge in [0.15, 0.2) is 0 Å². The Hall–Kier alpha value is -2.79. The number of aromatic amines is 1. The summed E-state index contributed by atoms with van der Waals surface area (Å²) in [4.78, 5) is 18.0. The van der Waals surface area contributed by atoms with Crippen LogP contribution >= 0.6 is 0 Å². The molecule has 2 amide bonds. The van der Waals surface area contributed by atoms with Gasteiger partial charge in [-0.25, -0.2) is 4.79 Å². The van der Waals surface area contributed by atoms with E-state index >= 15 is 0 Å². The van der Waals surface area contributed by atoms with Crippen molar-refractivity contribution in [3.05, 3.63) is 65.9 Å². The van der Waals surface area contributed by atoms with Gasteiger partial charge < -0.3 is 20.5 Å². The zero-order valence-electron chi connectivity index (χ0n) is 15.7. The molecule has 2 heterocycles. The molecule has 5 heteroatoms. The fraction of sp³-hybridized carbons (Fsp3) is 0.318. The molecular formula is C22H26N4O. The molecule has 1 aliphatic rings. The topological polar surface area (TPSA) is 60.2 Å². The summed E-state index contributed by atoms with van der Waals surface area (Å²) >= 11 is 0. The van der Waals surface area contributed by atoms with Gasteiger partial charge in [0.2, 0.25) is 0 Å². The van der Waals surface area contributed by atoms with E-state index in [1.807, 2.05) is 42.5 Å². The van der Waals surface area contributed by atoms with Crippen molar-refractivity contribution in [1.82, 2.24) is 15.2 Å². The number of urea groups is 1. The first-order valence-electron chi connectivity index (χ1n) is 9.57. The number of H-pyrrole nitrogens is 1. The average Bonchev–Trinajstić information content (AvgIpc) is 3.11. The molecule has 27 heavy (non-hydrogen) atoms. The largest absolute Gasteiger partial charge is 0.361 e. The molecule has 0 saturated carbocycles. The molecule has 0 atom stereocenters. The number of piperidine rings is 1. The molecule has 1 aromatic heterocycles. The fourth-order valence-electron chi connectivity index (χ4n) is 3.83. The number of benzene rings is 2. The first-order chi connectivity index (χ1) is 13.2. The highest BCUT2D eigenvalue weighted by Gasteiger charge is 2.21. The number of likely N-dealkylation sites (tertiary alicyclic amines) is 1. The smallest absolute Gasteiger partial charge is 0.319 e. The number of rotatable bonds is 4. The van der Waals surface area contributed by atoms with Crippen molar-refractivity contribution >= 4 is 22.6 Å². The van der Waals surface area contributed by atoms with Crippen molar-refractivity contribution in [2.45, 2.75) is 25.3 Å². The summed E-state index contributed by atoms with van der Waals surface area (Å²) in [5.74, 6) is 0.581. The summed E-state index contributed by atoms with van der Waals surface area (Å²) in [6, 6.07) is 15.8. The maximum absolute atomic E-state index is 12.2. The standard InChI is InChI=1S/C22H26N4O/c1-26-11-9-17(10-12-26)20-15-23-21-8-7-18(13-19(20)21)25-22(27)24-14-16-5-3-2-4-6-16/h2-8,13,15,17,23H,9-12,14H2,1H3,(H2,24,25,27). The van der Waals surface area contributed by atoms with Gasteiger partial charge in [-0.05, 0) is 68.2 Å². The molecule has 1 saturated heterocycles. The average molecular weight is 362 g/mol. The minimum atomic E-state index is -0.186. The van der Waals surface area contributed by atoms with Gasteiger partial charge in [0, 0.05) is 29.3 Å². The molecule has 0 aliphatic carbocycles. The number of hydrogen-bond donors (Lipinski definition) is 3. The van der Waals surface area contributed by atoms with E-state index in [0.29, 0.717) is 12.5 Å². The number of carbonyl (C=O) groups is 1. The van der Waals surface area contributed by atoms with E-state index in [0.717, 1.165) is 29.9 Å². The highest BCUT2D eigenvalue weighted by molar-refractivity contribution is 5.94. The van der Waals surface area contributed by atoms with Gasteiger partial charge in [0.25, 0.3) is 0 Å². The predicted octanol–water partition coefficient (Wildman–Crippen LogP) is 4.30. The van der Waals surface area contributed by atoms with Gasteiger partial charge in [-0.2, -0.15) is 0 Å². The third-order valence-electron chi connectivity index (χ3n) is 5.43. The highest BCUT2D eigenvalue weighted by atomic mass is 16.2. The molecule has 0 spiro atoms. The summed E-state index contributed by atoms with van der Waals surface area (Å²) in [6.07, 6.45) is 4.50. The first-order valence-corrected chi connectivity index (χ1v) is 9.57. The molecule has 140 valence electrons. The van der Waals surface area contributed by atoms with Crippen molar-refractivity contribution < 1.29 is 4.79 Å². The monoisotopic (exact) mass is 362 g/mol. The molecule has 1 fully saturated rings. The van der Waals surface area contributed by atoms with E-state index in [-0.39, 0.29) is 6.03 Å². The number of nitrogens with one attached hydrogen (secondary N) is 3. The second-order valence-corrected chi connectivity index (χ2v) is 7.38. The predicted molar refractivity (Wildman–Crippen MR) is 110 cm³/mol. The van der Waals surface area contributed by atoms with Crippen molar-refractivity contribution in [2.75, 3.05) is 25.5 Å². The quantitative estimate of drug-likeness (QED) is 0.648. The Bertz CT molecular complexity index is 910. The third kappa shape index (κ3) is 4.14. The summed E-state index contributed by atoms with van der Waals surface area (Å²) < 4.78 is 0. The Morgan fingerprint density at radius 2 is 1.93 bits per heavy atom. The van der Waals surface area contributed by atoms with E-state index in [1.54, 1.807) is 0 Å². The van der Waals surface area contributed by atoms with Gasteiger partial charge >= 0.3 is 6.03 Å². The molecule has 3 aromatic rings. The minimum Gasteiger partial charge on any atom is -0.361 e. The SMILES string of the molecule is CN1CCC(c2c[nH]c3ccc(NC(=O)NCc4ccccc4)cc23)CC1. The lowest BCUT2D eigenvalue weighted by atomic mass is 9.89. The van der Waals surface area contributed by atoms with Crippen LogP contribution in [0.5, 0.6) is 0 Å². The van der Waals surface area contributed by atoms with Crippen LogP contribution in [0.1, 0.15) is 29.9 Å². The Balaban J connectivity index is 1.44. The first kappa shape index (κ1) is 17.6. The Morgan fingerprint density at radius 1 is 1.15 bits per heavy atom. The minimum absolute atomic E-state index is 0.186. The molecule has 2 aromatic carbocycles. The lowest BCUT2D eigenvalue weighted by Crippen LogP contribution is -2.29. The second-order valence-electron chi connectivity index (χ2n) is 7.38. The van der Waals surface area contributed by atoms with Crippen LogP contribution < -0.4 is 10.6 Å². The molecule has 0 radical (unpaired) electrons. The van der Waals surface area contributed by atoms with Gasteiger partial charge in [-0.1, -0.05) is 30.3 Å². The number of amides is 2. The van der Waals surface area contributed by atoms with Crippen LogP contribution in [-0.4, -0.2) is 36.1 Å². The molecular weight excluding hydrogens is 336 g/mol. The number of fused-ring (bicyclic) bond motifs is 1. The van der Waals surface area contributed by atoms with Gasteiger partial charge in [0.1, 0.15) is 0 Å². The molecule has 0 unspecified atom stereocenters. The van der Waals surface area contributed by atoms with E-state index in [2.05, 4.69) is 39.8 Å². The number of nitrogens with zero attached hydrogens (tertiary/aromatic N) is 1. The van der Waals surface area contributed by atoms with E-state index in [1.165, 1.54) is 23.8 Å². The third-order valence-corrected chi connectivity index (χ3v) is 5.43. The molecule has 5 nitrogen and oxygen atoms in total. The van der Waals surface area contributed by atoms with Gasteiger partial charge in [0.05, 0.1) is 0 Å². The summed E-state index contributed by atoms with van der Waals surface area (Å²) in [6.45, 7) is 2.79. The van der Waals surface area contributed by atoms with Crippen LogP contribution in [0.2, 0.25) is 0 Å². The van der Waals surface area contributed by atoms with Crippen LogP contribution in [0, 0.1) is 0 Å². The summed E-state index contributed by atoms with van der Waals surface area (Å²) in [5.41, 5.74) is 4.39. The molecule has 4 rings (SSSR count). The molecule has 0 bridgehead atoms. The Labute approximate surface area is 159 Å². The maximum Gasteiger partial charge on any atom is 0.319 e. The van der Waals surface area contributed by atoms with Gasteiger partial charge in [-0.15, -0.1) is 0 Å². The van der Waals surface area contributed by atoms with Crippen LogP contribution in [-0.2, 0) is 6.54 Å². The van der Waals surface area contributed by atoms with Crippen molar-refractivity contribution in [1.29, 1.82) is 0 Å². The number of anilines is 1. The second kappa shape index (κ2) is 7.84. The van der Waals surface area contributed by atoms with E-state index < -0.39 is 0 Å². The normalized spacial score (nSPS) is 15.7. The van der Waals surface area contributed by atoms with Crippen molar-refractivity contribution in [2.24, 2.45) is 0 Å². The van der Waals surface area contributed by atoms with Crippen LogP contribution in [0.25, 0.3) is 10.9 Å². The zero-order chi connectivity index (χ0) is 18.6. The Kier molecular flexibility index (Phi) is 5.12. The summed E-state index contributed by atoms with van der Waals surface area (Å²) in [5, 5.41) is 7.08. The zero-order valence-corrected chi connectivity index (χ0v) is 15.7. The van der Waals surface area contributed by atoms with Gasteiger partial charge in [-0.3, -0.25) is 0 Å². The maximum atomic E-state index is 12.2.